The van der Waals surface area contributed by atoms with Crippen molar-refractivity contribution in [3.63, 3.8) is 0 Å². The van der Waals surface area contributed by atoms with E-state index in [4.69, 9.17) is 5.11 Å². The summed E-state index contributed by atoms with van der Waals surface area (Å²) in [6.45, 7) is 2.07. The van der Waals surface area contributed by atoms with Gasteiger partial charge in [0.1, 0.15) is 5.82 Å². The summed E-state index contributed by atoms with van der Waals surface area (Å²) >= 11 is 0. The number of halogens is 3. The van der Waals surface area contributed by atoms with Crippen molar-refractivity contribution in [2.24, 2.45) is 0 Å². The third kappa shape index (κ3) is 4.72. The van der Waals surface area contributed by atoms with E-state index in [1.807, 2.05) is 6.92 Å². The second-order valence-electron chi connectivity index (χ2n) is 4.08. The van der Waals surface area contributed by atoms with E-state index in [2.05, 4.69) is 5.32 Å². The zero-order valence-electron chi connectivity index (χ0n) is 10.9. The Morgan fingerprint density at radius 2 is 2.11 bits per heavy atom. The first-order valence-corrected chi connectivity index (χ1v) is 6.22. The summed E-state index contributed by atoms with van der Waals surface area (Å²) in [5, 5.41) is 11.9. The van der Waals surface area contributed by atoms with E-state index >= 15 is 0 Å². The van der Waals surface area contributed by atoms with Gasteiger partial charge in [-0.2, -0.15) is 0 Å². The predicted octanol–water partition coefficient (Wildman–Crippen LogP) is 2.00. The van der Waals surface area contributed by atoms with Crippen LogP contribution in [0.1, 0.15) is 12.5 Å². The molecule has 1 aromatic rings. The molecule has 0 spiro atoms. The first-order valence-electron chi connectivity index (χ1n) is 6.22. The summed E-state index contributed by atoms with van der Waals surface area (Å²) in [7, 11) is 0. The molecular weight excluding hydrogens is 257 g/mol. The van der Waals surface area contributed by atoms with Crippen LogP contribution in [0.15, 0.2) is 18.2 Å². The normalized spacial score (nSPS) is 11.1. The van der Waals surface area contributed by atoms with Gasteiger partial charge in [0.25, 0.3) is 6.43 Å². The monoisotopic (exact) mass is 276 g/mol. The molecule has 0 saturated heterocycles. The summed E-state index contributed by atoms with van der Waals surface area (Å²) in [4.78, 5) is 1.31. The van der Waals surface area contributed by atoms with Gasteiger partial charge < -0.3 is 15.3 Å². The van der Waals surface area contributed by atoms with Crippen LogP contribution in [-0.2, 0) is 6.54 Å². The fourth-order valence-corrected chi connectivity index (χ4v) is 1.87. The molecule has 0 fully saturated rings. The second kappa shape index (κ2) is 8.01. The molecule has 0 radical (unpaired) electrons. The summed E-state index contributed by atoms with van der Waals surface area (Å²) in [5.41, 5.74) is 0.744. The van der Waals surface area contributed by atoms with E-state index in [1.165, 1.54) is 17.0 Å². The number of benzene rings is 1. The van der Waals surface area contributed by atoms with Crippen molar-refractivity contribution in [1.29, 1.82) is 0 Å². The fraction of sp³-hybridized carbons (Fsp3) is 0.538. The molecular formula is C13H19F3N2O. The van der Waals surface area contributed by atoms with Crippen LogP contribution in [-0.4, -0.2) is 37.8 Å². The Bertz CT molecular complexity index is 388. The van der Waals surface area contributed by atoms with Crippen LogP contribution in [0.2, 0.25) is 0 Å². The number of nitrogens with zero attached hydrogens (tertiary/aromatic N) is 1. The summed E-state index contributed by atoms with van der Waals surface area (Å²) in [6, 6.07) is 4.37. The lowest BCUT2D eigenvalue weighted by molar-refractivity contribution is 0.152. The predicted molar refractivity (Wildman–Crippen MR) is 69.1 cm³/mol. The van der Waals surface area contributed by atoms with Gasteiger partial charge in [-0.3, -0.25) is 0 Å². The molecule has 0 aromatic heterocycles. The maximum atomic E-state index is 13.8. The van der Waals surface area contributed by atoms with Crippen molar-refractivity contribution in [3.05, 3.63) is 29.6 Å². The summed E-state index contributed by atoms with van der Waals surface area (Å²) in [6.07, 6.45) is -2.54. The van der Waals surface area contributed by atoms with Crippen molar-refractivity contribution >= 4 is 5.69 Å². The smallest absolute Gasteiger partial charge is 0.255 e. The molecule has 19 heavy (non-hydrogen) atoms. The number of hydrogen-bond donors (Lipinski definition) is 2. The minimum absolute atomic E-state index is 0.0485. The molecule has 0 aliphatic carbocycles. The fourth-order valence-electron chi connectivity index (χ4n) is 1.87. The molecule has 1 rings (SSSR count). The molecule has 0 aliphatic heterocycles. The number of nitrogens with one attached hydrogen (secondary N) is 1. The Labute approximate surface area is 111 Å². The van der Waals surface area contributed by atoms with Crippen molar-refractivity contribution < 1.29 is 18.3 Å². The maximum absolute atomic E-state index is 13.8. The van der Waals surface area contributed by atoms with Crippen LogP contribution < -0.4 is 10.2 Å². The molecule has 0 heterocycles. The van der Waals surface area contributed by atoms with Gasteiger partial charge in [-0.15, -0.1) is 0 Å². The van der Waals surface area contributed by atoms with Gasteiger partial charge in [-0.1, -0.05) is 13.0 Å². The SMILES string of the molecule is CCNCc1c(F)cccc1N(CCO)CC(F)F. The average Bonchev–Trinajstić information content (AvgIpc) is 2.36. The van der Waals surface area contributed by atoms with Crippen molar-refractivity contribution in [2.75, 3.05) is 31.1 Å². The first-order chi connectivity index (χ1) is 9.10. The quantitative estimate of drug-likeness (QED) is 0.762. The highest BCUT2D eigenvalue weighted by molar-refractivity contribution is 5.54. The van der Waals surface area contributed by atoms with Gasteiger partial charge >= 0.3 is 0 Å². The van der Waals surface area contributed by atoms with Crippen LogP contribution in [0.5, 0.6) is 0 Å². The molecule has 0 bridgehead atoms. The number of aliphatic hydroxyl groups is 1. The van der Waals surface area contributed by atoms with Crippen molar-refractivity contribution in [2.45, 2.75) is 19.9 Å². The molecule has 3 nitrogen and oxygen atoms in total. The number of alkyl halides is 2. The number of aliphatic hydroxyl groups excluding tert-OH is 1. The summed E-state index contributed by atoms with van der Waals surface area (Å²) in [5.74, 6) is -0.435. The van der Waals surface area contributed by atoms with Crippen LogP contribution in [0.3, 0.4) is 0 Å². The lowest BCUT2D eigenvalue weighted by atomic mass is 10.1. The third-order valence-corrected chi connectivity index (χ3v) is 2.71. The van der Waals surface area contributed by atoms with E-state index in [1.54, 1.807) is 6.07 Å². The van der Waals surface area contributed by atoms with Crippen molar-refractivity contribution in [1.82, 2.24) is 5.32 Å². The molecule has 0 aliphatic rings. The van der Waals surface area contributed by atoms with Gasteiger partial charge in [-0.25, -0.2) is 13.2 Å². The molecule has 0 unspecified atom stereocenters. The Morgan fingerprint density at radius 1 is 1.37 bits per heavy atom. The molecule has 0 atom stereocenters. The summed E-state index contributed by atoms with van der Waals surface area (Å²) < 4.78 is 38.9. The van der Waals surface area contributed by atoms with Gasteiger partial charge in [-0.05, 0) is 18.7 Å². The zero-order chi connectivity index (χ0) is 14.3. The Kier molecular flexibility index (Phi) is 6.66. The van der Waals surface area contributed by atoms with Crippen LogP contribution in [0.25, 0.3) is 0 Å². The number of hydrogen-bond acceptors (Lipinski definition) is 3. The maximum Gasteiger partial charge on any atom is 0.255 e. The Hall–Kier alpha value is -1.27. The number of anilines is 1. The standard InChI is InChI=1S/C13H19F3N2O/c1-2-17-8-10-11(14)4-3-5-12(10)18(6-7-19)9-13(15)16/h3-5,13,17,19H,2,6-9H2,1H3. The van der Waals surface area contributed by atoms with Crippen LogP contribution in [0.4, 0.5) is 18.9 Å². The van der Waals surface area contributed by atoms with Crippen LogP contribution in [0, 0.1) is 5.82 Å². The van der Waals surface area contributed by atoms with E-state index in [-0.39, 0.29) is 19.7 Å². The van der Waals surface area contributed by atoms with Gasteiger partial charge in [0.2, 0.25) is 0 Å². The van der Waals surface area contributed by atoms with Gasteiger partial charge in [0.05, 0.1) is 13.2 Å². The molecule has 0 saturated carbocycles. The van der Waals surface area contributed by atoms with Gasteiger partial charge in [0, 0.05) is 24.3 Å². The lowest BCUT2D eigenvalue weighted by Crippen LogP contribution is -2.33. The molecule has 0 amide bonds. The van der Waals surface area contributed by atoms with E-state index in [9.17, 15) is 13.2 Å². The second-order valence-corrected chi connectivity index (χ2v) is 4.08. The largest absolute Gasteiger partial charge is 0.395 e. The Balaban J connectivity index is 3.02. The number of rotatable bonds is 8. The molecule has 2 N–H and O–H groups in total. The molecule has 6 heteroatoms. The highest BCUT2D eigenvalue weighted by Gasteiger charge is 2.17. The lowest BCUT2D eigenvalue weighted by Gasteiger charge is -2.26. The molecule has 1 aromatic carbocycles. The van der Waals surface area contributed by atoms with E-state index in [0.29, 0.717) is 17.8 Å². The zero-order valence-corrected chi connectivity index (χ0v) is 10.9. The Morgan fingerprint density at radius 3 is 2.68 bits per heavy atom. The highest BCUT2D eigenvalue weighted by atomic mass is 19.3. The van der Waals surface area contributed by atoms with Crippen molar-refractivity contribution in [3.8, 4) is 0 Å². The molecule has 108 valence electrons. The van der Waals surface area contributed by atoms with Crippen LogP contribution >= 0.6 is 0 Å². The minimum atomic E-state index is -2.54. The van der Waals surface area contributed by atoms with E-state index in [0.717, 1.165) is 0 Å². The average molecular weight is 276 g/mol. The van der Waals surface area contributed by atoms with Gasteiger partial charge in [0.15, 0.2) is 0 Å². The van der Waals surface area contributed by atoms with E-state index < -0.39 is 18.8 Å². The third-order valence-electron chi connectivity index (χ3n) is 2.71. The first kappa shape index (κ1) is 15.8. The topological polar surface area (TPSA) is 35.5 Å². The minimum Gasteiger partial charge on any atom is -0.395 e. The highest BCUT2D eigenvalue weighted by Crippen LogP contribution is 2.24.